The number of pyridine rings is 1. The number of ether oxygens (including phenoxy) is 1. The molecule has 1 N–H and O–H groups in total. The van der Waals surface area contributed by atoms with Gasteiger partial charge >= 0.3 is 0 Å². The van der Waals surface area contributed by atoms with Crippen LogP contribution in [0.1, 0.15) is 25.0 Å². The smallest absolute Gasteiger partial charge is 0.197 e. The Labute approximate surface area is 167 Å². The van der Waals surface area contributed by atoms with Crippen LogP contribution in [0.5, 0.6) is 5.75 Å². The number of imidazole rings is 1. The summed E-state index contributed by atoms with van der Waals surface area (Å²) in [5.74, 6) is -0.590. The summed E-state index contributed by atoms with van der Waals surface area (Å²) >= 11 is 0. The van der Waals surface area contributed by atoms with Crippen LogP contribution in [0.15, 0.2) is 60.0 Å². The summed E-state index contributed by atoms with van der Waals surface area (Å²) in [6, 6.07) is 1.81. The third-order valence-electron chi connectivity index (χ3n) is 3.59. The maximum Gasteiger partial charge on any atom is 0.197 e. The van der Waals surface area contributed by atoms with Gasteiger partial charge in [-0.05, 0) is 43.2 Å². The number of aromatic nitrogens is 4. The molecule has 1 unspecified atom stereocenters. The quantitative estimate of drug-likeness (QED) is 0.580. The first kappa shape index (κ1) is 8.64. The highest BCUT2D eigenvalue weighted by Crippen LogP contribution is 2.22. The number of hydrogen-bond acceptors (Lipinski definition) is 4. The fraction of sp³-hybridized carbons (Fsp3) is 0.158. The standard InChI is InChI=1S/C19H18N4O2S/c1-13-17(20-8-7-18(13)25-2)12-26(24)19-21-15-6-5-14(11-16(15)22-19)23-9-3-4-10-23/h3-11H,12H2,1-2H3,(H,21,22)/i2D3,5D,6D,7D,8D,11D,12D2. The number of methoxy groups -OCH3 is 1. The summed E-state index contributed by atoms with van der Waals surface area (Å²) in [4.78, 5) is 10.4. The van der Waals surface area contributed by atoms with Crippen molar-refractivity contribution in [3.05, 3.63) is 66.1 Å². The number of rotatable bonds is 5. The van der Waals surface area contributed by atoms with Gasteiger partial charge in [0, 0.05) is 32.6 Å². The normalized spacial score (nSPS) is 19.0. The van der Waals surface area contributed by atoms with Crippen LogP contribution in [0.25, 0.3) is 16.7 Å². The molecule has 0 saturated carbocycles. The second kappa shape index (κ2) is 6.76. The summed E-state index contributed by atoms with van der Waals surface area (Å²) in [6.07, 6.45) is 2.40. The van der Waals surface area contributed by atoms with Crippen molar-refractivity contribution in [2.24, 2.45) is 0 Å². The summed E-state index contributed by atoms with van der Waals surface area (Å²) in [6.45, 7) is 1.23. The third-order valence-corrected chi connectivity index (χ3v) is 4.51. The number of nitrogens with zero attached hydrogens (tertiary/aromatic N) is 3. The highest BCUT2D eigenvalue weighted by molar-refractivity contribution is 7.84. The van der Waals surface area contributed by atoms with Crippen molar-refractivity contribution < 1.29 is 22.7 Å². The first-order valence-electron chi connectivity index (χ1n) is 12.4. The van der Waals surface area contributed by atoms with E-state index in [-0.39, 0.29) is 40.4 Å². The van der Waals surface area contributed by atoms with E-state index in [0.29, 0.717) is 0 Å². The second-order valence-electron chi connectivity index (χ2n) is 5.20. The monoisotopic (exact) mass is 376 g/mol. The van der Waals surface area contributed by atoms with Gasteiger partial charge in [0.25, 0.3) is 0 Å². The lowest BCUT2D eigenvalue weighted by atomic mass is 10.2. The van der Waals surface area contributed by atoms with E-state index < -0.39 is 52.4 Å². The minimum Gasteiger partial charge on any atom is -0.496 e. The van der Waals surface area contributed by atoms with E-state index in [1.807, 2.05) is 0 Å². The zero-order valence-electron chi connectivity index (χ0n) is 23.4. The molecule has 4 rings (SSSR count). The van der Waals surface area contributed by atoms with Crippen LogP contribution in [0.4, 0.5) is 0 Å². The van der Waals surface area contributed by atoms with Crippen LogP contribution in [0, 0.1) is 6.92 Å². The second-order valence-corrected chi connectivity index (χ2v) is 6.33. The Hall–Kier alpha value is -2.93. The number of nitrogens with one attached hydrogen (secondary N) is 1. The van der Waals surface area contributed by atoms with Gasteiger partial charge in [-0.25, -0.2) is 4.98 Å². The molecule has 26 heavy (non-hydrogen) atoms. The van der Waals surface area contributed by atoms with Gasteiger partial charge in [-0.3, -0.25) is 9.19 Å². The van der Waals surface area contributed by atoms with Gasteiger partial charge < -0.3 is 14.3 Å². The molecule has 7 heteroatoms. The molecule has 0 aliphatic carbocycles. The van der Waals surface area contributed by atoms with E-state index in [0.717, 1.165) is 0 Å². The van der Waals surface area contributed by atoms with Crippen molar-refractivity contribution in [1.82, 2.24) is 19.5 Å². The fourth-order valence-electron chi connectivity index (χ4n) is 2.26. The van der Waals surface area contributed by atoms with Crippen LogP contribution < -0.4 is 4.74 Å². The molecule has 1 atom stereocenters. The molecular weight excluding hydrogens is 348 g/mol. The molecule has 0 saturated heterocycles. The molecule has 132 valence electrons. The van der Waals surface area contributed by atoms with Crippen molar-refractivity contribution in [2.75, 3.05) is 7.04 Å². The van der Waals surface area contributed by atoms with Gasteiger partial charge in [0.05, 0.1) is 51.2 Å². The van der Waals surface area contributed by atoms with E-state index in [1.54, 1.807) is 24.5 Å². The highest BCUT2D eigenvalue weighted by atomic mass is 32.2. The van der Waals surface area contributed by atoms with Gasteiger partial charge in [0.2, 0.25) is 0 Å². The molecule has 0 aliphatic heterocycles. The Balaban J connectivity index is 1.86. The molecule has 0 aliphatic rings. The number of fused-ring (bicyclic) bond motifs is 1. The third kappa shape index (κ3) is 3.01. The number of H-pyrrole nitrogens is 1. The molecule has 6 nitrogen and oxygen atoms in total. The van der Waals surface area contributed by atoms with Crippen molar-refractivity contribution in [3.63, 3.8) is 0 Å². The maximum atomic E-state index is 13.4. The zero-order chi connectivity index (χ0) is 26.7. The van der Waals surface area contributed by atoms with E-state index >= 15 is 0 Å². The molecule has 4 aromatic rings. The van der Waals surface area contributed by atoms with Crippen LogP contribution >= 0.6 is 0 Å². The summed E-state index contributed by atoms with van der Waals surface area (Å²) in [5.41, 5.74) is -3.78. The summed E-state index contributed by atoms with van der Waals surface area (Å²) < 4.78 is 99.4. The SMILES string of the molecule is [2H]c1nc(C([2H])([2H])S(=O)c2nc3c([2H])c([2H])c(-n4cccc4)c([2H])c3[nH]2)c(C)c(OC([2H])([2H])[2H])c1[2H]. The molecule has 3 heterocycles. The Morgan fingerprint density at radius 3 is 3.04 bits per heavy atom. The summed E-state index contributed by atoms with van der Waals surface area (Å²) in [5, 5.41) is -0.456. The van der Waals surface area contributed by atoms with Crippen molar-refractivity contribution in [2.45, 2.75) is 17.8 Å². The minimum atomic E-state index is -2.99. The largest absolute Gasteiger partial charge is 0.496 e. The number of benzene rings is 1. The molecule has 1 aromatic carbocycles. The number of hydrogen-bond donors (Lipinski definition) is 1. The lowest BCUT2D eigenvalue weighted by molar-refractivity contribution is 0.410. The fourth-order valence-corrected chi connectivity index (χ4v) is 3.10. The van der Waals surface area contributed by atoms with Gasteiger partial charge in [-0.1, -0.05) is 0 Å². The average Bonchev–Trinajstić information content (AvgIpc) is 3.47. The Bertz CT molecular complexity index is 1520. The molecule has 0 radical (unpaired) electrons. The van der Waals surface area contributed by atoms with E-state index in [9.17, 15) is 4.21 Å². The molecule has 3 aromatic heterocycles. The van der Waals surface area contributed by atoms with Gasteiger partial charge in [0.1, 0.15) is 5.75 Å². The first-order chi connectivity index (χ1) is 16.6. The Morgan fingerprint density at radius 2 is 2.23 bits per heavy atom. The van der Waals surface area contributed by atoms with Gasteiger partial charge in [0.15, 0.2) is 5.16 Å². The minimum absolute atomic E-state index is 0.0300. The van der Waals surface area contributed by atoms with E-state index in [4.69, 9.17) is 18.4 Å². The van der Waals surface area contributed by atoms with Crippen molar-refractivity contribution in [1.29, 1.82) is 0 Å². The van der Waals surface area contributed by atoms with E-state index in [1.165, 1.54) is 11.5 Å². The zero-order valence-corrected chi connectivity index (χ0v) is 14.2. The van der Waals surface area contributed by atoms with E-state index in [2.05, 4.69) is 15.0 Å². The highest BCUT2D eigenvalue weighted by Gasteiger charge is 2.15. The molecular formula is C19H18N4O2S. The van der Waals surface area contributed by atoms with Gasteiger partial charge in [-0.2, -0.15) is 0 Å². The first-order valence-corrected chi connectivity index (χ1v) is 8.52. The average molecular weight is 377 g/mol. The molecule has 0 fully saturated rings. The predicted molar refractivity (Wildman–Crippen MR) is 101 cm³/mol. The Kier molecular flexibility index (Phi) is 2.25. The van der Waals surface area contributed by atoms with Crippen LogP contribution in [0.2, 0.25) is 0 Å². The molecule has 0 spiro atoms. The van der Waals surface area contributed by atoms with Crippen LogP contribution in [-0.2, 0) is 16.5 Å². The van der Waals surface area contributed by atoms with Crippen molar-refractivity contribution in [3.8, 4) is 11.4 Å². The van der Waals surface area contributed by atoms with Crippen LogP contribution in [0.3, 0.4) is 0 Å². The maximum absolute atomic E-state index is 13.4. The lowest BCUT2D eigenvalue weighted by Gasteiger charge is -2.08. The van der Waals surface area contributed by atoms with Crippen LogP contribution in [-0.4, -0.2) is 30.8 Å². The Morgan fingerprint density at radius 1 is 1.38 bits per heavy atom. The predicted octanol–water partition coefficient (Wildman–Crippen LogP) is 3.37. The topological polar surface area (TPSA) is 72.8 Å². The summed E-state index contributed by atoms with van der Waals surface area (Å²) in [7, 11) is -5.66. The lowest BCUT2D eigenvalue weighted by Crippen LogP contribution is -2.03. The molecule has 0 amide bonds. The van der Waals surface area contributed by atoms with Crippen molar-refractivity contribution >= 4 is 21.8 Å². The van der Waals surface area contributed by atoms with Gasteiger partial charge in [-0.15, -0.1) is 0 Å². The number of aromatic amines is 1. The molecule has 0 bridgehead atoms.